The number of carbonyl (C=O) groups excluding carboxylic acids is 1. The van der Waals surface area contributed by atoms with Crippen molar-refractivity contribution in [2.75, 3.05) is 21.0 Å². The first kappa shape index (κ1) is 20.0. The lowest BCUT2D eigenvalue weighted by Crippen LogP contribution is -2.07. The molecular weight excluding hydrogens is 332 g/mol. The van der Waals surface area contributed by atoms with Crippen molar-refractivity contribution in [1.29, 1.82) is 0 Å². The van der Waals surface area contributed by atoms with Crippen molar-refractivity contribution in [3.63, 3.8) is 0 Å². The Morgan fingerprint density at radius 3 is 2.65 bits per heavy atom. The summed E-state index contributed by atoms with van der Waals surface area (Å²) in [4.78, 5) is 11.9. The highest BCUT2D eigenvalue weighted by molar-refractivity contribution is 5.95. The van der Waals surface area contributed by atoms with E-state index in [4.69, 9.17) is 18.9 Å². The van der Waals surface area contributed by atoms with Crippen LogP contribution in [-0.2, 0) is 22.5 Å². The molecule has 0 unspecified atom stereocenters. The summed E-state index contributed by atoms with van der Waals surface area (Å²) in [5, 5.41) is 0. The number of carbonyl (C=O) groups is 1. The summed E-state index contributed by atoms with van der Waals surface area (Å²) in [6.45, 7) is 6.66. The van der Waals surface area contributed by atoms with Gasteiger partial charge in [-0.2, -0.15) is 0 Å². The van der Waals surface area contributed by atoms with Crippen LogP contribution in [0.1, 0.15) is 55.1 Å². The van der Waals surface area contributed by atoms with Gasteiger partial charge in [0, 0.05) is 18.2 Å². The highest BCUT2D eigenvalue weighted by atomic mass is 16.7. The van der Waals surface area contributed by atoms with Crippen LogP contribution in [0.3, 0.4) is 0 Å². The zero-order valence-electron chi connectivity index (χ0n) is 16.3. The molecule has 1 heterocycles. The van der Waals surface area contributed by atoms with Gasteiger partial charge in [0.1, 0.15) is 18.1 Å². The molecule has 0 radical (unpaired) electrons. The van der Waals surface area contributed by atoms with Gasteiger partial charge in [0.15, 0.2) is 6.79 Å². The molecule has 26 heavy (non-hydrogen) atoms. The fourth-order valence-electron chi connectivity index (χ4n) is 2.90. The molecule has 1 aliphatic heterocycles. The Bertz CT molecular complexity index is 712. The maximum absolute atomic E-state index is 11.9. The van der Waals surface area contributed by atoms with Gasteiger partial charge in [-0.05, 0) is 46.1 Å². The van der Waals surface area contributed by atoms with Gasteiger partial charge < -0.3 is 18.9 Å². The number of hydrogen-bond donors (Lipinski definition) is 0. The number of cyclic esters (lactones) is 1. The second-order valence-corrected chi connectivity index (χ2v) is 6.61. The van der Waals surface area contributed by atoms with Crippen molar-refractivity contribution in [2.24, 2.45) is 0 Å². The highest BCUT2D eigenvalue weighted by Gasteiger charge is 2.29. The average Bonchev–Trinajstić information content (AvgIpc) is 2.98. The van der Waals surface area contributed by atoms with E-state index in [1.807, 2.05) is 0 Å². The van der Waals surface area contributed by atoms with E-state index in [1.165, 1.54) is 11.1 Å². The van der Waals surface area contributed by atoms with Crippen LogP contribution in [0, 0.1) is 0 Å². The number of ether oxygens (including phenoxy) is 4. The van der Waals surface area contributed by atoms with E-state index in [0.29, 0.717) is 23.5 Å². The van der Waals surface area contributed by atoms with Crippen LogP contribution in [0.25, 0.3) is 0 Å². The van der Waals surface area contributed by atoms with Gasteiger partial charge in [-0.1, -0.05) is 23.3 Å². The largest absolute Gasteiger partial charge is 0.496 e. The SMILES string of the molecule is COCOc1c(C/C=C(\C)CCC=C(C)C)c(OC)cc2c1COC2=O. The summed E-state index contributed by atoms with van der Waals surface area (Å²) in [6.07, 6.45) is 7.11. The molecule has 0 fully saturated rings. The molecule has 0 bridgehead atoms. The first-order chi connectivity index (χ1) is 12.5. The fraction of sp³-hybridized carbons (Fsp3) is 0.476. The van der Waals surface area contributed by atoms with E-state index in [-0.39, 0.29) is 19.4 Å². The maximum Gasteiger partial charge on any atom is 0.339 e. The predicted octanol–water partition coefficient (Wildman–Crippen LogP) is 4.58. The van der Waals surface area contributed by atoms with Gasteiger partial charge in [0.05, 0.1) is 12.7 Å². The second kappa shape index (κ2) is 9.43. The summed E-state index contributed by atoms with van der Waals surface area (Å²) < 4.78 is 21.5. The Hall–Kier alpha value is -2.27. The van der Waals surface area contributed by atoms with Crippen LogP contribution in [0.5, 0.6) is 11.5 Å². The maximum atomic E-state index is 11.9. The van der Waals surface area contributed by atoms with Gasteiger partial charge in [-0.3, -0.25) is 0 Å². The standard InChI is InChI=1S/C21H28O5/c1-14(2)7-6-8-15(3)9-10-16-19(24-5)11-17-18(12-25-21(17)22)20(16)26-13-23-4/h7,9,11H,6,8,10,12-13H2,1-5H3/b15-9+. The molecule has 142 valence electrons. The quantitative estimate of drug-likeness (QED) is 0.366. The van der Waals surface area contributed by atoms with E-state index in [1.54, 1.807) is 20.3 Å². The molecule has 2 rings (SSSR count). The Morgan fingerprint density at radius 1 is 1.23 bits per heavy atom. The topological polar surface area (TPSA) is 54.0 Å². The smallest absolute Gasteiger partial charge is 0.339 e. The van der Waals surface area contributed by atoms with Crippen molar-refractivity contribution in [3.8, 4) is 11.5 Å². The first-order valence-electron chi connectivity index (χ1n) is 8.78. The molecule has 5 nitrogen and oxygen atoms in total. The third-order valence-electron chi connectivity index (χ3n) is 4.30. The number of esters is 1. The monoisotopic (exact) mass is 360 g/mol. The zero-order valence-corrected chi connectivity index (χ0v) is 16.3. The van der Waals surface area contributed by atoms with Crippen molar-refractivity contribution < 1.29 is 23.7 Å². The molecule has 0 aliphatic carbocycles. The lowest BCUT2D eigenvalue weighted by Gasteiger charge is -2.16. The van der Waals surface area contributed by atoms with Crippen LogP contribution in [-0.4, -0.2) is 27.0 Å². The normalized spacial score (nSPS) is 13.3. The first-order valence-corrected chi connectivity index (χ1v) is 8.78. The summed E-state index contributed by atoms with van der Waals surface area (Å²) in [6, 6.07) is 1.74. The molecule has 1 aromatic rings. The lowest BCUT2D eigenvalue weighted by molar-refractivity contribution is 0.0470. The summed E-state index contributed by atoms with van der Waals surface area (Å²) in [7, 11) is 3.16. The van der Waals surface area contributed by atoms with Crippen LogP contribution in [0.2, 0.25) is 0 Å². The minimum absolute atomic E-state index is 0.101. The van der Waals surface area contributed by atoms with E-state index in [0.717, 1.165) is 24.0 Å². The average molecular weight is 360 g/mol. The summed E-state index contributed by atoms with van der Waals surface area (Å²) >= 11 is 0. The second-order valence-electron chi connectivity index (χ2n) is 6.61. The lowest BCUT2D eigenvalue weighted by atomic mass is 9.99. The van der Waals surface area contributed by atoms with Gasteiger partial charge in [0.2, 0.25) is 0 Å². The van der Waals surface area contributed by atoms with Crippen molar-refractivity contribution in [3.05, 3.63) is 46.1 Å². The molecule has 0 atom stereocenters. The minimum Gasteiger partial charge on any atom is -0.496 e. The van der Waals surface area contributed by atoms with Crippen LogP contribution >= 0.6 is 0 Å². The number of methoxy groups -OCH3 is 2. The van der Waals surface area contributed by atoms with Crippen LogP contribution in [0.15, 0.2) is 29.4 Å². The van der Waals surface area contributed by atoms with Gasteiger partial charge >= 0.3 is 5.97 Å². The Morgan fingerprint density at radius 2 is 2.00 bits per heavy atom. The third kappa shape index (κ3) is 4.88. The molecule has 0 aromatic heterocycles. The summed E-state index contributed by atoms with van der Waals surface area (Å²) in [5.41, 5.74) is 4.80. The molecule has 0 spiro atoms. The summed E-state index contributed by atoms with van der Waals surface area (Å²) in [5.74, 6) is 0.906. The molecule has 1 aliphatic rings. The number of rotatable bonds is 9. The molecule has 0 N–H and O–H groups in total. The van der Waals surface area contributed by atoms with Gasteiger partial charge in [0.25, 0.3) is 0 Å². The van der Waals surface area contributed by atoms with Gasteiger partial charge in [-0.15, -0.1) is 0 Å². The van der Waals surface area contributed by atoms with Crippen LogP contribution < -0.4 is 9.47 Å². The number of fused-ring (bicyclic) bond motifs is 1. The fourth-order valence-corrected chi connectivity index (χ4v) is 2.90. The van der Waals surface area contributed by atoms with E-state index < -0.39 is 0 Å². The van der Waals surface area contributed by atoms with E-state index in [2.05, 4.69) is 32.9 Å². The van der Waals surface area contributed by atoms with E-state index in [9.17, 15) is 4.79 Å². The Kier molecular flexibility index (Phi) is 7.27. The molecular formula is C21H28O5. The van der Waals surface area contributed by atoms with Gasteiger partial charge in [-0.25, -0.2) is 4.79 Å². The van der Waals surface area contributed by atoms with Crippen LogP contribution in [0.4, 0.5) is 0 Å². The van der Waals surface area contributed by atoms with Crippen molar-refractivity contribution in [1.82, 2.24) is 0 Å². The molecule has 0 saturated heterocycles. The number of benzene rings is 1. The number of hydrogen-bond acceptors (Lipinski definition) is 5. The predicted molar refractivity (Wildman–Crippen MR) is 101 cm³/mol. The van der Waals surface area contributed by atoms with Crippen molar-refractivity contribution in [2.45, 2.75) is 46.6 Å². The molecule has 5 heteroatoms. The Balaban J connectivity index is 2.31. The molecule has 0 saturated carbocycles. The van der Waals surface area contributed by atoms with E-state index >= 15 is 0 Å². The third-order valence-corrected chi connectivity index (χ3v) is 4.30. The molecule has 0 amide bonds. The Labute approximate surface area is 155 Å². The molecule has 1 aromatic carbocycles. The number of allylic oxidation sites excluding steroid dienone is 4. The zero-order chi connectivity index (χ0) is 19.1. The highest BCUT2D eigenvalue weighted by Crippen LogP contribution is 2.39. The minimum atomic E-state index is -0.347. The van der Waals surface area contributed by atoms with Crippen molar-refractivity contribution >= 4 is 5.97 Å².